The molecule has 0 bridgehead atoms. The Morgan fingerprint density at radius 3 is 2.05 bits per heavy atom. The quantitative estimate of drug-likeness (QED) is 0.813. The summed E-state index contributed by atoms with van der Waals surface area (Å²) in [5, 5.41) is 6.87. The Morgan fingerprint density at radius 1 is 0.842 bits per heavy atom. The molecule has 0 saturated carbocycles. The van der Waals surface area contributed by atoms with Gasteiger partial charge in [0.05, 0.1) is 0 Å². The van der Waals surface area contributed by atoms with E-state index in [0.29, 0.717) is 6.04 Å². The van der Waals surface area contributed by atoms with Crippen LogP contribution in [-0.2, 0) is 0 Å². The molecule has 0 saturated heterocycles. The third-order valence-electron chi connectivity index (χ3n) is 3.01. The van der Waals surface area contributed by atoms with Gasteiger partial charge in [-0.2, -0.15) is 0 Å². The molecular weight excluding hydrogens is 232 g/mol. The number of benzene rings is 2. The molecule has 2 nitrogen and oxygen atoms in total. The van der Waals surface area contributed by atoms with Crippen LogP contribution >= 0.6 is 0 Å². The third-order valence-corrected chi connectivity index (χ3v) is 3.01. The Morgan fingerprint density at radius 2 is 1.47 bits per heavy atom. The van der Waals surface area contributed by atoms with E-state index in [-0.39, 0.29) is 0 Å². The van der Waals surface area contributed by atoms with Crippen molar-refractivity contribution in [3.63, 3.8) is 0 Å². The van der Waals surface area contributed by atoms with Gasteiger partial charge in [-0.1, -0.05) is 17.7 Å². The van der Waals surface area contributed by atoms with Crippen LogP contribution in [-0.4, -0.2) is 6.04 Å². The summed E-state index contributed by atoms with van der Waals surface area (Å²) in [6, 6.07) is 15.3. The molecule has 2 rings (SSSR count). The lowest BCUT2D eigenvalue weighted by Gasteiger charge is -2.14. The van der Waals surface area contributed by atoms with Gasteiger partial charge >= 0.3 is 0 Å². The number of hydrogen-bond acceptors (Lipinski definition) is 2. The van der Waals surface area contributed by atoms with Crippen molar-refractivity contribution in [1.29, 1.82) is 0 Å². The fraction of sp³-hybridized carbons (Fsp3) is 0.294. The van der Waals surface area contributed by atoms with Crippen molar-refractivity contribution in [3.05, 3.63) is 53.6 Å². The van der Waals surface area contributed by atoms with Crippen LogP contribution < -0.4 is 10.6 Å². The fourth-order valence-corrected chi connectivity index (χ4v) is 2.02. The van der Waals surface area contributed by atoms with Gasteiger partial charge in [-0.25, -0.2) is 0 Å². The van der Waals surface area contributed by atoms with Crippen molar-refractivity contribution in [3.8, 4) is 0 Å². The van der Waals surface area contributed by atoms with Crippen LogP contribution in [0.2, 0.25) is 0 Å². The molecule has 0 unspecified atom stereocenters. The Hall–Kier alpha value is -1.96. The van der Waals surface area contributed by atoms with Crippen LogP contribution in [0.15, 0.2) is 42.5 Å². The molecule has 0 aliphatic carbocycles. The normalized spacial score (nSPS) is 10.6. The number of aryl methyl sites for hydroxylation is 2. The van der Waals surface area contributed by atoms with E-state index in [4.69, 9.17) is 0 Å². The van der Waals surface area contributed by atoms with Crippen LogP contribution in [0.5, 0.6) is 0 Å². The lowest BCUT2D eigenvalue weighted by Crippen LogP contribution is -2.10. The minimum Gasteiger partial charge on any atom is -0.383 e. The molecule has 2 heteroatoms. The molecule has 2 N–H and O–H groups in total. The van der Waals surface area contributed by atoms with Crippen molar-refractivity contribution in [2.24, 2.45) is 0 Å². The van der Waals surface area contributed by atoms with Gasteiger partial charge in [0.15, 0.2) is 0 Å². The Balaban J connectivity index is 2.13. The highest BCUT2D eigenvalue weighted by Crippen LogP contribution is 2.23. The van der Waals surface area contributed by atoms with Crippen molar-refractivity contribution >= 4 is 17.1 Å². The van der Waals surface area contributed by atoms with E-state index >= 15 is 0 Å². The van der Waals surface area contributed by atoms with Gasteiger partial charge in [-0.05, 0) is 63.6 Å². The van der Waals surface area contributed by atoms with E-state index in [1.165, 1.54) is 16.8 Å². The predicted molar refractivity (Wildman–Crippen MR) is 84.4 cm³/mol. The Kier molecular flexibility index (Phi) is 4.10. The number of nitrogens with one attached hydrogen (secondary N) is 2. The first-order chi connectivity index (χ1) is 9.04. The second-order valence-corrected chi connectivity index (χ2v) is 5.32. The highest BCUT2D eigenvalue weighted by Gasteiger charge is 2.02. The molecule has 0 fully saturated rings. The zero-order valence-electron chi connectivity index (χ0n) is 12.1. The summed E-state index contributed by atoms with van der Waals surface area (Å²) in [5.41, 5.74) is 5.97. The second-order valence-electron chi connectivity index (χ2n) is 5.32. The SMILES string of the molecule is Cc1ccc(Nc2ccc(NC(C)C)c(C)c2)cc1. The van der Waals surface area contributed by atoms with Crippen molar-refractivity contribution in [1.82, 2.24) is 0 Å². The standard InChI is InChI=1S/C17H22N2/c1-12(2)18-17-10-9-16(11-14(17)4)19-15-7-5-13(3)6-8-15/h5-12,18-19H,1-4H3. The summed E-state index contributed by atoms with van der Waals surface area (Å²) >= 11 is 0. The molecule has 0 spiro atoms. The van der Waals surface area contributed by atoms with E-state index in [2.05, 4.69) is 80.8 Å². The van der Waals surface area contributed by atoms with E-state index in [9.17, 15) is 0 Å². The molecule has 0 amide bonds. The first-order valence-corrected chi connectivity index (χ1v) is 6.75. The highest BCUT2D eigenvalue weighted by atomic mass is 14.9. The summed E-state index contributed by atoms with van der Waals surface area (Å²) in [6.07, 6.45) is 0. The molecule has 0 radical (unpaired) electrons. The zero-order chi connectivity index (χ0) is 13.8. The van der Waals surface area contributed by atoms with E-state index in [1.807, 2.05) is 0 Å². The van der Waals surface area contributed by atoms with Crippen LogP contribution in [0.4, 0.5) is 17.1 Å². The first kappa shape index (κ1) is 13.5. The maximum Gasteiger partial charge on any atom is 0.0388 e. The maximum atomic E-state index is 3.44. The number of hydrogen-bond donors (Lipinski definition) is 2. The summed E-state index contributed by atoms with van der Waals surface area (Å²) < 4.78 is 0. The maximum absolute atomic E-state index is 3.44. The molecule has 0 heterocycles. The minimum absolute atomic E-state index is 0.453. The van der Waals surface area contributed by atoms with Crippen molar-refractivity contribution in [2.75, 3.05) is 10.6 Å². The van der Waals surface area contributed by atoms with Crippen molar-refractivity contribution < 1.29 is 0 Å². The van der Waals surface area contributed by atoms with Crippen LogP contribution in [0.1, 0.15) is 25.0 Å². The molecule has 0 aliphatic rings. The second kappa shape index (κ2) is 5.79. The molecule has 2 aromatic carbocycles. The van der Waals surface area contributed by atoms with Gasteiger partial charge in [-0.3, -0.25) is 0 Å². The van der Waals surface area contributed by atoms with Gasteiger partial charge in [0.25, 0.3) is 0 Å². The smallest absolute Gasteiger partial charge is 0.0388 e. The van der Waals surface area contributed by atoms with Crippen molar-refractivity contribution in [2.45, 2.75) is 33.7 Å². The van der Waals surface area contributed by atoms with Crippen LogP contribution in [0, 0.1) is 13.8 Å². The predicted octanol–water partition coefficient (Wildman–Crippen LogP) is 4.87. The summed E-state index contributed by atoms with van der Waals surface area (Å²) in [6.45, 7) is 8.53. The molecule has 2 aromatic rings. The molecule has 19 heavy (non-hydrogen) atoms. The van der Waals surface area contributed by atoms with Gasteiger partial charge in [0.1, 0.15) is 0 Å². The average Bonchev–Trinajstić information content (AvgIpc) is 2.35. The monoisotopic (exact) mass is 254 g/mol. The lowest BCUT2D eigenvalue weighted by molar-refractivity contribution is 0.897. The van der Waals surface area contributed by atoms with Gasteiger partial charge in [0.2, 0.25) is 0 Å². The highest BCUT2D eigenvalue weighted by molar-refractivity contribution is 5.65. The molecule has 100 valence electrons. The van der Waals surface area contributed by atoms with Gasteiger partial charge < -0.3 is 10.6 Å². The summed E-state index contributed by atoms with van der Waals surface area (Å²) in [7, 11) is 0. The number of anilines is 3. The number of rotatable bonds is 4. The van der Waals surface area contributed by atoms with E-state index < -0.39 is 0 Å². The molecular formula is C17H22N2. The van der Waals surface area contributed by atoms with E-state index in [1.54, 1.807) is 0 Å². The topological polar surface area (TPSA) is 24.1 Å². The summed E-state index contributed by atoms with van der Waals surface area (Å²) in [5.74, 6) is 0. The van der Waals surface area contributed by atoms with Gasteiger partial charge in [-0.15, -0.1) is 0 Å². The average molecular weight is 254 g/mol. The van der Waals surface area contributed by atoms with E-state index in [0.717, 1.165) is 11.4 Å². The minimum atomic E-state index is 0.453. The molecule has 0 aromatic heterocycles. The molecule has 0 atom stereocenters. The zero-order valence-corrected chi connectivity index (χ0v) is 12.1. The molecule has 0 aliphatic heterocycles. The van der Waals surface area contributed by atoms with Gasteiger partial charge in [0, 0.05) is 23.1 Å². The summed E-state index contributed by atoms with van der Waals surface area (Å²) in [4.78, 5) is 0. The fourth-order valence-electron chi connectivity index (χ4n) is 2.02. The Bertz CT molecular complexity index is 542. The van der Waals surface area contributed by atoms with Crippen LogP contribution in [0.3, 0.4) is 0 Å². The van der Waals surface area contributed by atoms with Crippen LogP contribution in [0.25, 0.3) is 0 Å². The largest absolute Gasteiger partial charge is 0.383 e. The first-order valence-electron chi connectivity index (χ1n) is 6.75. The Labute approximate surface area is 115 Å². The third kappa shape index (κ3) is 3.75. The lowest BCUT2D eigenvalue weighted by atomic mass is 10.1.